The average Bonchev–Trinajstić information content (AvgIpc) is 1.69. The Labute approximate surface area is 780 Å². The Bertz CT molecular complexity index is 4770. The number of ether oxygens (including phenoxy) is 6. The van der Waals surface area contributed by atoms with Crippen molar-refractivity contribution in [3.8, 4) is 84.8 Å². The molecule has 26 heteroatoms. The van der Waals surface area contributed by atoms with Crippen LogP contribution in [-0.2, 0) is 62.6 Å². The molecule has 0 amide bonds. The van der Waals surface area contributed by atoms with Gasteiger partial charge in [-0.1, -0.05) is 270 Å². The number of carboxylic acid groups (broad SMARTS) is 1. The second-order valence-electron chi connectivity index (χ2n) is 23.1. The van der Waals surface area contributed by atoms with Crippen molar-refractivity contribution < 1.29 is 172 Å². The van der Waals surface area contributed by atoms with Gasteiger partial charge in [-0.25, -0.2) is 9.59 Å². The molecule has 4 heterocycles. The third-order valence-electron chi connectivity index (χ3n) is 16.1. The Balaban J connectivity index is 0.00000146. The summed E-state index contributed by atoms with van der Waals surface area (Å²) in [6.45, 7) is 8.94. The van der Waals surface area contributed by atoms with Crippen molar-refractivity contribution in [2.75, 3.05) is 27.9 Å². The molecule has 2 N–H and O–H groups in total. The third-order valence-corrected chi connectivity index (χ3v) is 17.7. The van der Waals surface area contributed by atoms with Crippen LogP contribution in [0.15, 0.2) is 255 Å². The molecular formula is C88H100BrCl3K2N6O14. The van der Waals surface area contributed by atoms with E-state index in [0.717, 1.165) is 71.0 Å². The molecule has 0 radical (unpaired) electrons. The summed E-state index contributed by atoms with van der Waals surface area (Å²) >= 11 is 21.9. The van der Waals surface area contributed by atoms with Crippen molar-refractivity contribution in [1.82, 2.24) is 29.3 Å². The van der Waals surface area contributed by atoms with Gasteiger partial charge < -0.3 is 50.2 Å². The van der Waals surface area contributed by atoms with Gasteiger partial charge >= 0.3 is 121 Å². The number of phenolic OH excluding ortho intramolecular Hbond substituents is 1. The Morgan fingerprint density at radius 3 is 1.15 bits per heavy atom. The fourth-order valence-electron chi connectivity index (χ4n) is 10.9. The molecule has 1 saturated heterocycles. The van der Waals surface area contributed by atoms with E-state index in [4.69, 9.17) is 78.7 Å². The number of benzene rings is 9. The summed E-state index contributed by atoms with van der Waals surface area (Å²) < 4.78 is 37.5. The summed E-state index contributed by atoms with van der Waals surface area (Å²) in [5.41, 5.74) is 12.4. The number of carboxylic acids is 1. The van der Waals surface area contributed by atoms with Gasteiger partial charge in [-0.15, -0.1) is 0 Å². The maximum Gasteiger partial charge on any atom is 1.00 e. The molecule has 114 heavy (non-hydrogen) atoms. The minimum absolute atomic E-state index is 0. The fourth-order valence-corrected chi connectivity index (χ4v) is 11.9. The molecule has 20 nitrogen and oxygen atoms in total. The number of rotatable bonds is 21. The molecule has 3 aromatic heterocycles. The molecule has 0 spiro atoms. The predicted molar refractivity (Wildman–Crippen MR) is 450 cm³/mol. The summed E-state index contributed by atoms with van der Waals surface area (Å²) in [7, 11) is 4.40. The Morgan fingerprint density at radius 2 is 0.833 bits per heavy atom. The second-order valence-corrected chi connectivity index (χ2v) is 25.3. The number of aliphatic carboxylic acids is 1. The van der Waals surface area contributed by atoms with E-state index in [9.17, 15) is 24.6 Å². The molecule has 9 aromatic carbocycles. The van der Waals surface area contributed by atoms with Crippen molar-refractivity contribution in [2.24, 2.45) is 0 Å². The molecule has 596 valence electrons. The van der Waals surface area contributed by atoms with Crippen LogP contribution in [0.3, 0.4) is 0 Å². The van der Waals surface area contributed by atoms with E-state index < -0.39 is 24.1 Å². The molecule has 1 fully saturated rings. The van der Waals surface area contributed by atoms with Gasteiger partial charge in [0, 0.05) is 82.7 Å². The van der Waals surface area contributed by atoms with Crippen LogP contribution in [0.1, 0.15) is 106 Å². The SMILES string of the molecule is C.C.C.C.C.CCn1nc(-c2cc(Cl)ccc2O)cc1-c1ccccc1.CCn1nc(-c2cc(Cl)ccc2OC(C(=O)O)c2ccccc2)cc1-c1ccccc1.CCn1nc(-c2cc(Cl)ccc2OC(C(=O)OC)c2ccccc2)cc1-c1ccccc1.COC(=O)C(Br)c1ccccc1.COC1CCCO1.O=CO[O-].[H-].[K+].[K+]. The van der Waals surface area contributed by atoms with E-state index in [1.807, 2.05) is 211 Å². The standard InChI is InChI=1S/C26H23ClN2O3.C25H21ClN2O3.C17H15ClN2O.C9H9BrO2.C5H10O2.CH2O3.5CH4.2K.H/c1-3-29-23(18-10-6-4-7-11-18)17-22(28-29)21-16-20(27)14-15-24(21)32-25(26(30)31-2)19-12-8-5-9-13-19;1-2-28-22(17-9-5-3-6-10-17)16-21(27-28)20-15-19(26)13-14-23(20)31-24(25(29)30)18-11-7-4-8-12-18;1-2-20-16(12-6-4-3-5-7-12)11-15(19-20)14-10-13(18)8-9-17(14)21;1-12-9(11)8(10)7-5-3-2-4-6-7;1-6-5-3-2-4-7-5;2-1-4-3;;;;;;;;/h4-17,25H,3H2,1-2H3;3-16,24H,2H2,1H3,(H,29,30);3-11,21H,2H2,1H3;2-6,8H,1H3;5H,2-4H2,1H3;1,3H;5*1H4;;;/q;;;;;;;;;;;2*+1;-1/p-1. The molecule has 12 aromatic rings. The number of nitrogens with zero attached hydrogens (tertiary/aromatic N) is 6. The first kappa shape index (κ1) is 104. The molecule has 1 aliphatic heterocycles. The number of aromatic nitrogens is 6. The number of carbonyl (C=O) groups is 4. The van der Waals surface area contributed by atoms with Gasteiger partial charge in [0.1, 0.15) is 22.1 Å². The van der Waals surface area contributed by atoms with Gasteiger partial charge in [0.15, 0.2) is 6.29 Å². The summed E-state index contributed by atoms with van der Waals surface area (Å²) in [6, 6.07) is 79.0. The summed E-state index contributed by atoms with van der Waals surface area (Å²) in [4.78, 5) is 46.4. The van der Waals surface area contributed by atoms with Crippen LogP contribution in [0.25, 0.3) is 67.5 Å². The van der Waals surface area contributed by atoms with Crippen LogP contribution >= 0.6 is 50.7 Å². The van der Waals surface area contributed by atoms with E-state index in [0.29, 0.717) is 78.9 Å². The number of esters is 2. The minimum Gasteiger partial charge on any atom is -1.00 e. The first-order chi connectivity index (χ1) is 51.9. The quantitative estimate of drug-likeness (QED) is 0.0169. The van der Waals surface area contributed by atoms with E-state index in [1.165, 1.54) is 14.2 Å². The van der Waals surface area contributed by atoms with Crippen LogP contribution < -0.4 is 118 Å². The molecule has 0 aliphatic carbocycles. The first-order valence-corrected chi connectivity index (χ1v) is 35.9. The molecule has 4 atom stereocenters. The fraction of sp³-hybridized carbons (Fsp3) is 0.239. The van der Waals surface area contributed by atoms with Crippen LogP contribution in [0.2, 0.25) is 15.1 Å². The zero-order valence-corrected chi connectivity index (χ0v) is 71.5. The van der Waals surface area contributed by atoms with Crippen molar-refractivity contribution in [3.05, 3.63) is 287 Å². The number of aromatic hydroxyl groups is 1. The molecule has 4 unspecified atom stereocenters. The number of hydrogen-bond acceptors (Lipinski definition) is 16. The van der Waals surface area contributed by atoms with Gasteiger partial charge in [-0.3, -0.25) is 23.6 Å². The van der Waals surface area contributed by atoms with Gasteiger partial charge in [-0.05, 0) is 122 Å². The largest absolute Gasteiger partial charge is 1.00 e. The number of halogens is 4. The van der Waals surface area contributed by atoms with Crippen molar-refractivity contribution >= 4 is 75.1 Å². The summed E-state index contributed by atoms with van der Waals surface area (Å²) in [6.07, 6.45) is 0.251. The van der Waals surface area contributed by atoms with Crippen molar-refractivity contribution in [2.45, 2.75) is 114 Å². The number of carbonyl (C=O) groups excluding carboxylic acids is 3. The van der Waals surface area contributed by atoms with E-state index in [2.05, 4.69) is 30.7 Å². The summed E-state index contributed by atoms with van der Waals surface area (Å²) in [5.74, 6) is -0.756. The van der Waals surface area contributed by atoms with Gasteiger partial charge in [0.25, 0.3) is 6.47 Å². The maximum absolute atomic E-state index is 12.5. The van der Waals surface area contributed by atoms with Gasteiger partial charge in [-0.2, -0.15) is 15.3 Å². The number of methoxy groups -OCH3 is 3. The molecule has 13 rings (SSSR count). The first-order valence-electron chi connectivity index (χ1n) is 33.8. The van der Waals surface area contributed by atoms with E-state index in [1.54, 1.807) is 86.0 Å². The van der Waals surface area contributed by atoms with Crippen LogP contribution in [0.4, 0.5) is 0 Å². The Hall–Kier alpha value is -7.61. The van der Waals surface area contributed by atoms with Crippen LogP contribution in [0, 0.1) is 0 Å². The molecule has 0 bridgehead atoms. The topological polar surface area (TPSA) is 250 Å². The predicted octanol–water partition coefficient (Wildman–Crippen LogP) is 15.7. The van der Waals surface area contributed by atoms with Crippen LogP contribution in [-0.4, -0.2) is 98.2 Å². The Morgan fingerprint density at radius 1 is 0.509 bits per heavy atom. The maximum atomic E-state index is 12.5. The molecule has 0 saturated carbocycles. The number of phenols is 1. The van der Waals surface area contributed by atoms with E-state index in [-0.39, 0.29) is 171 Å². The smallest absolute Gasteiger partial charge is 1.00 e. The number of hydrogen-bond donors (Lipinski definition) is 2. The van der Waals surface area contributed by atoms with Crippen molar-refractivity contribution in [1.29, 1.82) is 0 Å². The minimum atomic E-state index is -1.15. The van der Waals surface area contributed by atoms with E-state index >= 15 is 0 Å². The van der Waals surface area contributed by atoms with Crippen molar-refractivity contribution in [3.63, 3.8) is 0 Å². The normalized spacial score (nSPS) is 11.9. The monoisotopic (exact) mass is 1730 g/mol. The average molecular weight is 1730 g/mol. The Kier molecular flexibility index (Phi) is 50.5. The van der Waals surface area contributed by atoms with Gasteiger partial charge in [0.2, 0.25) is 12.2 Å². The third kappa shape index (κ3) is 30.5. The zero-order valence-electron chi connectivity index (χ0n) is 62.4. The number of alkyl halides is 1. The summed E-state index contributed by atoms with van der Waals surface area (Å²) in [5, 5.41) is 44.0. The molecule has 1 aliphatic rings. The zero-order chi connectivity index (χ0) is 76.6. The number of aryl methyl sites for hydroxylation is 3. The molecular weight excluding hydrogens is 1630 g/mol. The van der Waals surface area contributed by atoms with Crippen LogP contribution in [0.5, 0.6) is 17.2 Å². The second kappa shape index (κ2) is 55.1. The van der Waals surface area contributed by atoms with Gasteiger partial charge in [0.05, 0.1) is 48.4 Å².